The summed E-state index contributed by atoms with van der Waals surface area (Å²) >= 11 is 0. The van der Waals surface area contributed by atoms with E-state index in [0.717, 1.165) is 52.1 Å². The molecule has 0 aromatic rings. The molecule has 1 aliphatic heterocycles. The lowest BCUT2D eigenvalue weighted by Crippen LogP contribution is -2.41. The summed E-state index contributed by atoms with van der Waals surface area (Å²) in [4.78, 5) is 2.37. The molecule has 1 unspecified atom stereocenters. The van der Waals surface area contributed by atoms with Crippen molar-refractivity contribution in [1.29, 1.82) is 0 Å². The predicted octanol–water partition coefficient (Wildman–Crippen LogP) is 0.871. The molecule has 1 saturated heterocycles. The number of nitrogens with zero attached hydrogens (tertiary/aromatic N) is 2. The van der Waals surface area contributed by atoms with Gasteiger partial charge in [-0.05, 0) is 32.7 Å². The Morgan fingerprint density at radius 1 is 1.62 bits per heavy atom. The number of nitrogens with two attached hydrogens (primary N) is 1. The molecule has 94 valence electrons. The minimum Gasteiger partial charge on any atom is -0.409 e. The van der Waals surface area contributed by atoms with Gasteiger partial charge in [0.25, 0.3) is 0 Å². The van der Waals surface area contributed by atoms with Gasteiger partial charge in [0.2, 0.25) is 0 Å². The van der Waals surface area contributed by atoms with Crippen LogP contribution in [0.25, 0.3) is 0 Å². The van der Waals surface area contributed by atoms with Gasteiger partial charge in [-0.2, -0.15) is 0 Å². The molecular weight excluding hydrogens is 206 g/mol. The summed E-state index contributed by atoms with van der Waals surface area (Å²) in [5, 5.41) is 11.7. The van der Waals surface area contributed by atoms with Crippen molar-refractivity contribution in [2.75, 3.05) is 32.8 Å². The molecule has 0 bridgehead atoms. The number of likely N-dealkylation sites (tertiary alicyclic amines) is 1. The molecule has 1 fully saturated rings. The first-order valence-corrected chi connectivity index (χ1v) is 6.05. The summed E-state index contributed by atoms with van der Waals surface area (Å²) in [6.07, 6.45) is 3.20. The molecule has 16 heavy (non-hydrogen) atoms. The molecule has 0 aromatic heterocycles. The van der Waals surface area contributed by atoms with Gasteiger partial charge in [-0.15, -0.1) is 0 Å². The highest BCUT2D eigenvalue weighted by Crippen LogP contribution is 2.16. The number of hydrogen-bond acceptors (Lipinski definition) is 4. The Bertz CT molecular complexity index is 221. The van der Waals surface area contributed by atoms with Crippen LogP contribution in [0.5, 0.6) is 0 Å². The summed E-state index contributed by atoms with van der Waals surface area (Å²) in [6, 6.07) is 0. The molecular formula is C11H23N3O2. The van der Waals surface area contributed by atoms with Gasteiger partial charge in [-0.25, -0.2) is 0 Å². The van der Waals surface area contributed by atoms with Gasteiger partial charge >= 0.3 is 0 Å². The minimum absolute atomic E-state index is 0.214. The fraction of sp³-hybridized carbons (Fsp3) is 0.909. The molecule has 1 rings (SSSR count). The molecule has 1 heterocycles. The van der Waals surface area contributed by atoms with E-state index in [1.807, 2.05) is 6.92 Å². The number of amidine groups is 1. The van der Waals surface area contributed by atoms with Crippen LogP contribution >= 0.6 is 0 Å². The number of piperidine rings is 1. The molecule has 0 amide bonds. The number of oxime groups is 1. The molecule has 0 aliphatic carbocycles. The van der Waals surface area contributed by atoms with E-state index in [0.29, 0.717) is 5.84 Å². The Morgan fingerprint density at radius 2 is 2.44 bits per heavy atom. The van der Waals surface area contributed by atoms with Gasteiger partial charge in [-0.3, -0.25) is 0 Å². The maximum atomic E-state index is 8.64. The topological polar surface area (TPSA) is 71.1 Å². The molecule has 0 radical (unpaired) electrons. The lowest BCUT2D eigenvalue weighted by molar-refractivity contribution is 0.123. The highest BCUT2D eigenvalue weighted by Gasteiger charge is 2.22. The maximum absolute atomic E-state index is 8.64. The van der Waals surface area contributed by atoms with Crippen molar-refractivity contribution in [3.05, 3.63) is 0 Å². The zero-order valence-electron chi connectivity index (χ0n) is 10.1. The van der Waals surface area contributed by atoms with Crippen molar-refractivity contribution >= 4 is 5.84 Å². The summed E-state index contributed by atoms with van der Waals surface area (Å²) in [5.74, 6) is 0.584. The monoisotopic (exact) mass is 229 g/mol. The van der Waals surface area contributed by atoms with Crippen LogP contribution in [-0.2, 0) is 4.74 Å². The quantitative estimate of drug-likeness (QED) is 0.233. The molecule has 5 heteroatoms. The Morgan fingerprint density at radius 3 is 3.12 bits per heavy atom. The zero-order chi connectivity index (χ0) is 11.8. The van der Waals surface area contributed by atoms with Gasteiger partial charge < -0.3 is 20.6 Å². The second-order valence-corrected chi connectivity index (χ2v) is 4.22. The van der Waals surface area contributed by atoms with Crippen LogP contribution < -0.4 is 5.73 Å². The van der Waals surface area contributed by atoms with Crippen molar-refractivity contribution in [2.45, 2.75) is 26.2 Å². The Kier molecular flexibility index (Phi) is 6.18. The first-order valence-electron chi connectivity index (χ1n) is 6.05. The van der Waals surface area contributed by atoms with Crippen LogP contribution in [0, 0.1) is 5.92 Å². The smallest absolute Gasteiger partial charge is 0.143 e. The largest absolute Gasteiger partial charge is 0.409 e. The van der Waals surface area contributed by atoms with E-state index in [1.54, 1.807) is 0 Å². The average Bonchev–Trinajstić information content (AvgIpc) is 2.34. The van der Waals surface area contributed by atoms with Gasteiger partial charge in [0.15, 0.2) is 0 Å². The first kappa shape index (κ1) is 13.3. The standard InChI is InChI=1S/C11H23N3O2/c1-2-16-8-4-7-14-6-3-5-10(9-14)11(12)13-15/h10,15H,2-9H2,1H3,(H2,12,13). The molecule has 0 spiro atoms. The van der Waals surface area contributed by atoms with Crippen molar-refractivity contribution in [3.63, 3.8) is 0 Å². The summed E-state index contributed by atoms with van der Waals surface area (Å²) in [7, 11) is 0. The van der Waals surface area contributed by atoms with E-state index in [9.17, 15) is 0 Å². The van der Waals surface area contributed by atoms with E-state index >= 15 is 0 Å². The third kappa shape index (κ3) is 4.37. The molecule has 1 aliphatic rings. The van der Waals surface area contributed by atoms with Gasteiger partial charge in [0.1, 0.15) is 5.84 Å². The predicted molar refractivity (Wildman–Crippen MR) is 63.7 cm³/mol. The van der Waals surface area contributed by atoms with Crippen LogP contribution in [0.1, 0.15) is 26.2 Å². The highest BCUT2D eigenvalue weighted by molar-refractivity contribution is 5.82. The van der Waals surface area contributed by atoms with Crippen LogP contribution in [-0.4, -0.2) is 48.8 Å². The van der Waals surface area contributed by atoms with Crippen molar-refractivity contribution < 1.29 is 9.94 Å². The van der Waals surface area contributed by atoms with E-state index in [1.165, 1.54) is 0 Å². The van der Waals surface area contributed by atoms with Crippen LogP contribution in [0.3, 0.4) is 0 Å². The van der Waals surface area contributed by atoms with Crippen molar-refractivity contribution in [3.8, 4) is 0 Å². The number of ether oxygens (including phenoxy) is 1. The second-order valence-electron chi connectivity index (χ2n) is 4.22. The number of rotatable bonds is 6. The van der Waals surface area contributed by atoms with Crippen LogP contribution in [0.15, 0.2) is 5.16 Å². The van der Waals surface area contributed by atoms with Gasteiger partial charge in [0, 0.05) is 32.2 Å². The van der Waals surface area contributed by atoms with E-state index in [-0.39, 0.29) is 5.92 Å². The second kappa shape index (κ2) is 7.46. The normalized spacial score (nSPS) is 23.6. The third-order valence-electron chi connectivity index (χ3n) is 3.01. The maximum Gasteiger partial charge on any atom is 0.143 e. The van der Waals surface area contributed by atoms with Gasteiger partial charge in [0.05, 0.1) is 0 Å². The Balaban J connectivity index is 2.22. The summed E-state index contributed by atoms with van der Waals surface area (Å²) in [5.41, 5.74) is 5.63. The molecule has 5 nitrogen and oxygen atoms in total. The SMILES string of the molecule is CCOCCCN1CCCC(C(N)=NO)C1. The Hall–Kier alpha value is -0.810. The summed E-state index contributed by atoms with van der Waals surface area (Å²) in [6.45, 7) is 6.67. The zero-order valence-corrected chi connectivity index (χ0v) is 10.1. The molecule has 0 saturated carbocycles. The van der Waals surface area contributed by atoms with E-state index in [2.05, 4.69) is 10.1 Å². The average molecular weight is 229 g/mol. The number of hydrogen-bond donors (Lipinski definition) is 2. The molecule has 0 aromatic carbocycles. The van der Waals surface area contributed by atoms with Crippen LogP contribution in [0.4, 0.5) is 0 Å². The molecule has 3 N–H and O–H groups in total. The lowest BCUT2D eigenvalue weighted by Gasteiger charge is -2.31. The van der Waals surface area contributed by atoms with E-state index < -0.39 is 0 Å². The van der Waals surface area contributed by atoms with Crippen molar-refractivity contribution in [1.82, 2.24) is 4.90 Å². The molecule has 1 atom stereocenters. The fourth-order valence-corrected chi connectivity index (χ4v) is 2.12. The first-order chi connectivity index (χ1) is 7.77. The minimum atomic E-state index is 0.214. The van der Waals surface area contributed by atoms with Crippen molar-refractivity contribution in [2.24, 2.45) is 16.8 Å². The summed E-state index contributed by atoms with van der Waals surface area (Å²) < 4.78 is 5.30. The fourth-order valence-electron chi connectivity index (χ4n) is 2.12. The third-order valence-corrected chi connectivity index (χ3v) is 3.01. The lowest BCUT2D eigenvalue weighted by atomic mass is 9.97. The van der Waals surface area contributed by atoms with Gasteiger partial charge in [-0.1, -0.05) is 5.16 Å². The Labute approximate surface area is 97.2 Å². The van der Waals surface area contributed by atoms with E-state index in [4.69, 9.17) is 15.7 Å². The van der Waals surface area contributed by atoms with Crippen LogP contribution in [0.2, 0.25) is 0 Å². The highest BCUT2D eigenvalue weighted by atomic mass is 16.5.